The Morgan fingerprint density at radius 1 is 1.15 bits per heavy atom. The summed E-state index contributed by atoms with van der Waals surface area (Å²) in [7, 11) is 0. The number of para-hydroxylation sites is 1. The molecule has 2 N–H and O–H groups in total. The average molecular weight is 366 g/mol. The van der Waals surface area contributed by atoms with Gasteiger partial charge in [0.05, 0.1) is 11.3 Å². The van der Waals surface area contributed by atoms with Crippen molar-refractivity contribution >= 4 is 17.4 Å². The molecule has 2 aromatic rings. The van der Waals surface area contributed by atoms with Crippen LogP contribution in [0.5, 0.6) is 0 Å². The minimum Gasteiger partial charge on any atom is -0.370 e. The molecule has 1 aromatic heterocycles. The normalized spacial score (nSPS) is 11.3. The third-order valence-electron chi connectivity index (χ3n) is 3.64. The molecule has 1 heterocycles. The van der Waals surface area contributed by atoms with Gasteiger partial charge in [-0.05, 0) is 25.5 Å². The quantitative estimate of drug-likeness (QED) is 0.700. The minimum atomic E-state index is -4.56. The number of nitrogens with one attached hydrogen (secondary N) is 2. The van der Waals surface area contributed by atoms with E-state index in [1.54, 1.807) is 6.92 Å². The molecule has 0 saturated carbocycles. The topological polar surface area (TPSA) is 66.9 Å². The first kappa shape index (κ1) is 19.7. The molecule has 0 fully saturated rings. The minimum absolute atomic E-state index is 0.00692. The zero-order chi connectivity index (χ0) is 19.2. The standard InChI is InChI=1S/C18H21F3N4O/c1-3-4-7-10-22-16-11-15(23-12(2)24-16)17(26)25-14-9-6-5-8-13(14)18(19,20)21/h5-6,8-9,11H,3-4,7,10H2,1-2H3,(H,25,26)(H,22,23,24). The van der Waals surface area contributed by atoms with Crippen LogP contribution in [-0.2, 0) is 6.18 Å². The second-order valence-corrected chi connectivity index (χ2v) is 5.82. The predicted molar refractivity (Wildman–Crippen MR) is 94.2 cm³/mol. The first-order valence-corrected chi connectivity index (χ1v) is 8.38. The smallest absolute Gasteiger partial charge is 0.370 e. The van der Waals surface area contributed by atoms with Crippen LogP contribution in [0.3, 0.4) is 0 Å². The highest BCUT2D eigenvalue weighted by molar-refractivity contribution is 6.03. The van der Waals surface area contributed by atoms with Gasteiger partial charge in [0.15, 0.2) is 0 Å². The largest absolute Gasteiger partial charge is 0.418 e. The number of unbranched alkanes of at least 4 members (excludes halogenated alkanes) is 2. The first-order valence-electron chi connectivity index (χ1n) is 8.38. The fourth-order valence-electron chi connectivity index (χ4n) is 2.39. The van der Waals surface area contributed by atoms with E-state index in [0.717, 1.165) is 25.3 Å². The van der Waals surface area contributed by atoms with Gasteiger partial charge in [-0.15, -0.1) is 0 Å². The number of rotatable bonds is 7. The van der Waals surface area contributed by atoms with Crippen molar-refractivity contribution in [3.8, 4) is 0 Å². The molecular weight excluding hydrogens is 345 g/mol. The van der Waals surface area contributed by atoms with Crippen molar-refractivity contribution in [2.45, 2.75) is 39.3 Å². The Balaban J connectivity index is 2.16. The molecule has 8 heteroatoms. The van der Waals surface area contributed by atoms with Crippen molar-refractivity contribution in [2.24, 2.45) is 0 Å². The molecule has 0 unspecified atom stereocenters. The summed E-state index contributed by atoms with van der Waals surface area (Å²) < 4.78 is 39.1. The molecule has 1 amide bonds. The number of halogens is 3. The van der Waals surface area contributed by atoms with Crippen LogP contribution >= 0.6 is 0 Å². The summed E-state index contributed by atoms with van der Waals surface area (Å²) in [5, 5.41) is 5.39. The van der Waals surface area contributed by atoms with E-state index in [-0.39, 0.29) is 11.4 Å². The molecule has 2 rings (SSSR count). The number of nitrogens with zero attached hydrogens (tertiary/aromatic N) is 2. The molecule has 0 bridgehead atoms. The van der Waals surface area contributed by atoms with Crippen LogP contribution in [0, 0.1) is 6.92 Å². The molecule has 0 atom stereocenters. The molecule has 26 heavy (non-hydrogen) atoms. The van der Waals surface area contributed by atoms with Gasteiger partial charge in [-0.1, -0.05) is 31.9 Å². The lowest BCUT2D eigenvalue weighted by Crippen LogP contribution is -2.19. The number of hydrogen-bond acceptors (Lipinski definition) is 4. The SMILES string of the molecule is CCCCCNc1cc(C(=O)Nc2ccccc2C(F)(F)F)nc(C)n1. The lowest BCUT2D eigenvalue weighted by atomic mass is 10.1. The van der Waals surface area contributed by atoms with Crippen molar-refractivity contribution in [3.05, 3.63) is 47.4 Å². The number of amides is 1. The lowest BCUT2D eigenvalue weighted by Gasteiger charge is -2.14. The van der Waals surface area contributed by atoms with E-state index in [1.165, 1.54) is 24.3 Å². The molecule has 0 spiro atoms. The summed E-state index contributed by atoms with van der Waals surface area (Å²) in [6, 6.07) is 6.26. The number of hydrogen-bond donors (Lipinski definition) is 2. The molecule has 1 aromatic carbocycles. The summed E-state index contributed by atoms with van der Waals surface area (Å²) >= 11 is 0. The van der Waals surface area contributed by atoms with Crippen LogP contribution in [0.4, 0.5) is 24.7 Å². The van der Waals surface area contributed by atoms with E-state index < -0.39 is 17.6 Å². The Hall–Kier alpha value is -2.64. The van der Waals surface area contributed by atoms with E-state index in [2.05, 4.69) is 27.5 Å². The monoisotopic (exact) mass is 366 g/mol. The molecular formula is C18H21F3N4O. The predicted octanol–water partition coefficient (Wildman–Crippen LogP) is 4.66. The van der Waals surface area contributed by atoms with Gasteiger partial charge in [-0.3, -0.25) is 4.79 Å². The third kappa shape index (κ3) is 5.44. The maximum absolute atomic E-state index is 13.0. The Labute approximate surface area is 150 Å². The summed E-state index contributed by atoms with van der Waals surface area (Å²) in [6.07, 6.45) is -1.45. The Morgan fingerprint density at radius 3 is 2.58 bits per heavy atom. The van der Waals surface area contributed by atoms with Crippen molar-refractivity contribution in [1.82, 2.24) is 9.97 Å². The van der Waals surface area contributed by atoms with E-state index in [1.807, 2.05) is 0 Å². The van der Waals surface area contributed by atoms with Gasteiger partial charge < -0.3 is 10.6 Å². The fraction of sp³-hybridized carbons (Fsp3) is 0.389. The number of benzene rings is 1. The highest BCUT2D eigenvalue weighted by Gasteiger charge is 2.33. The average Bonchev–Trinajstić information content (AvgIpc) is 2.58. The summed E-state index contributed by atoms with van der Waals surface area (Å²) in [5.41, 5.74) is -1.21. The van der Waals surface area contributed by atoms with Crippen LogP contribution in [0.15, 0.2) is 30.3 Å². The van der Waals surface area contributed by atoms with Gasteiger partial charge in [-0.25, -0.2) is 9.97 Å². The highest BCUT2D eigenvalue weighted by Crippen LogP contribution is 2.34. The van der Waals surface area contributed by atoms with Crippen molar-refractivity contribution in [2.75, 3.05) is 17.2 Å². The molecule has 0 aliphatic carbocycles. The number of aryl methyl sites for hydroxylation is 1. The first-order chi connectivity index (χ1) is 12.3. The van der Waals surface area contributed by atoms with E-state index in [0.29, 0.717) is 18.2 Å². The van der Waals surface area contributed by atoms with Crippen LogP contribution < -0.4 is 10.6 Å². The van der Waals surface area contributed by atoms with E-state index in [4.69, 9.17) is 0 Å². The Morgan fingerprint density at radius 2 is 1.88 bits per heavy atom. The van der Waals surface area contributed by atoms with Gasteiger partial charge in [0.1, 0.15) is 17.3 Å². The van der Waals surface area contributed by atoms with Crippen molar-refractivity contribution in [3.63, 3.8) is 0 Å². The van der Waals surface area contributed by atoms with Crippen LogP contribution in [0.1, 0.15) is 48.1 Å². The zero-order valence-corrected chi connectivity index (χ0v) is 14.7. The maximum Gasteiger partial charge on any atom is 0.418 e. The lowest BCUT2D eigenvalue weighted by molar-refractivity contribution is -0.136. The second kappa shape index (κ2) is 8.64. The van der Waals surface area contributed by atoms with E-state index in [9.17, 15) is 18.0 Å². The Bertz CT molecular complexity index is 762. The number of aromatic nitrogens is 2. The highest BCUT2D eigenvalue weighted by atomic mass is 19.4. The molecule has 5 nitrogen and oxygen atoms in total. The van der Waals surface area contributed by atoms with Crippen LogP contribution in [-0.4, -0.2) is 22.4 Å². The molecule has 140 valence electrons. The van der Waals surface area contributed by atoms with Gasteiger partial charge in [-0.2, -0.15) is 13.2 Å². The molecule has 0 aliphatic heterocycles. The van der Waals surface area contributed by atoms with Gasteiger partial charge in [0.25, 0.3) is 5.91 Å². The van der Waals surface area contributed by atoms with Crippen molar-refractivity contribution in [1.29, 1.82) is 0 Å². The van der Waals surface area contributed by atoms with Crippen molar-refractivity contribution < 1.29 is 18.0 Å². The van der Waals surface area contributed by atoms with Crippen LogP contribution in [0.25, 0.3) is 0 Å². The summed E-state index contributed by atoms with van der Waals surface area (Å²) in [5.74, 6) is 0.117. The molecule has 0 radical (unpaired) electrons. The van der Waals surface area contributed by atoms with Gasteiger partial charge in [0.2, 0.25) is 0 Å². The third-order valence-corrected chi connectivity index (χ3v) is 3.64. The zero-order valence-electron chi connectivity index (χ0n) is 14.7. The van der Waals surface area contributed by atoms with E-state index >= 15 is 0 Å². The molecule has 0 saturated heterocycles. The maximum atomic E-state index is 13.0. The molecule has 0 aliphatic rings. The summed E-state index contributed by atoms with van der Waals surface area (Å²) in [6.45, 7) is 4.41. The van der Waals surface area contributed by atoms with Crippen LogP contribution in [0.2, 0.25) is 0 Å². The fourth-order valence-corrected chi connectivity index (χ4v) is 2.39. The number of carbonyl (C=O) groups excluding carboxylic acids is 1. The Kier molecular flexibility index (Phi) is 6.54. The van der Waals surface area contributed by atoms with Gasteiger partial charge >= 0.3 is 6.18 Å². The number of carbonyl (C=O) groups is 1. The number of alkyl halides is 3. The number of anilines is 2. The summed E-state index contributed by atoms with van der Waals surface area (Å²) in [4.78, 5) is 20.6. The second-order valence-electron chi connectivity index (χ2n) is 5.82. The van der Waals surface area contributed by atoms with Gasteiger partial charge in [0, 0.05) is 12.6 Å².